The second kappa shape index (κ2) is 5.99. The highest BCUT2D eigenvalue weighted by Gasteiger charge is 2.37. The minimum absolute atomic E-state index is 0.0484. The van der Waals surface area contributed by atoms with Crippen molar-refractivity contribution in [2.75, 3.05) is 6.54 Å². The number of nitrogens with zero attached hydrogens (tertiary/aromatic N) is 1. The maximum absolute atomic E-state index is 11.8. The smallest absolute Gasteiger partial charge is 0.246 e. The van der Waals surface area contributed by atoms with Crippen molar-refractivity contribution in [2.45, 2.75) is 58.5 Å². The molecule has 1 saturated heterocycles. The van der Waals surface area contributed by atoms with Crippen LogP contribution in [0, 0.1) is 0 Å². The number of carbonyl (C=O) groups is 2. The van der Waals surface area contributed by atoms with Crippen molar-refractivity contribution in [2.24, 2.45) is 0 Å². The quantitative estimate of drug-likeness (QED) is 0.695. The Hall–Kier alpha value is -0.900. The molecule has 1 fully saturated rings. The molecule has 1 aliphatic rings. The molecule has 0 aromatic heterocycles. The lowest BCUT2D eigenvalue weighted by Crippen LogP contribution is -2.42. The van der Waals surface area contributed by atoms with Gasteiger partial charge in [-0.15, -0.1) is 0 Å². The number of hydrogen-bond donors (Lipinski definition) is 1. The van der Waals surface area contributed by atoms with Crippen LogP contribution in [-0.4, -0.2) is 35.3 Å². The van der Waals surface area contributed by atoms with Crippen LogP contribution in [0.2, 0.25) is 0 Å². The molecule has 0 bridgehead atoms. The number of likely N-dealkylation sites (N-methyl/N-ethyl adjacent to an activating group) is 1. The van der Waals surface area contributed by atoms with E-state index in [1.54, 1.807) is 0 Å². The SMILES string of the molecule is CCCCC(C)NC1CC(=O)N(CC)C1=O. The summed E-state index contributed by atoms with van der Waals surface area (Å²) in [5.74, 6) is -0.108. The molecule has 4 nitrogen and oxygen atoms in total. The van der Waals surface area contributed by atoms with E-state index in [9.17, 15) is 9.59 Å². The number of carbonyl (C=O) groups excluding carboxylic acids is 2. The first kappa shape index (κ1) is 13.2. The van der Waals surface area contributed by atoms with Gasteiger partial charge in [0.1, 0.15) is 0 Å². The van der Waals surface area contributed by atoms with E-state index in [0.717, 1.165) is 19.3 Å². The topological polar surface area (TPSA) is 49.4 Å². The van der Waals surface area contributed by atoms with E-state index < -0.39 is 0 Å². The summed E-state index contributed by atoms with van der Waals surface area (Å²) in [6.07, 6.45) is 3.69. The molecule has 2 amide bonds. The van der Waals surface area contributed by atoms with E-state index in [1.807, 2.05) is 6.92 Å². The van der Waals surface area contributed by atoms with E-state index in [1.165, 1.54) is 4.90 Å². The lowest BCUT2D eigenvalue weighted by Gasteiger charge is -2.18. The fourth-order valence-corrected chi connectivity index (χ4v) is 2.08. The van der Waals surface area contributed by atoms with Crippen LogP contribution >= 0.6 is 0 Å². The van der Waals surface area contributed by atoms with Gasteiger partial charge < -0.3 is 5.32 Å². The lowest BCUT2D eigenvalue weighted by molar-refractivity contribution is -0.138. The normalized spacial score (nSPS) is 22.9. The van der Waals surface area contributed by atoms with Crippen molar-refractivity contribution < 1.29 is 9.59 Å². The second-order valence-corrected chi connectivity index (χ2v) is 4.44. The standard InChI is InChI=1S/C12H22N2O2/c1-4-6-7-9(3)13-10-8-11(15)14(5-2)12(10)16/h9-10,13H,4-8H2,1-3H3. The molecule has 0 radical (unpaired) electrons. The van der Waals surface area contributed by atoms with Crippen molar-refractivity contribution in [1.82, 2.24) is 10.2 Å². The maximum Gasteiger partial charge on any atom is 0.246 e. The van der Waals surface area contributed by atoms with Gasteiger partial charge in [0.15, 0.2) is 0 Å². The first-order valence-corrected chi connectivity index (χ1v) is 6.20. The van der Waals surface area contributed by atoms with Crippen molar-refractivity contribution in [3.8, 4) is 0 Å². The Morgan fingerprint density at radius 2 is 2.12 bits per heavy atom. The molecule has 0 saturated carbocycles. The third kappa shape index (κ3) is 3.04. The monoisotopic (exact) mass is 226 g/mol. The molecule has 1 N–H and O–H groups in total. The lowest BCUT2D eigenvalue weighted by atomic mass is 10.1. The number of amides is 2. The highest BCUT2D eigenvalue weighted by atomic mass is 16.2. The highest BCUT2D eigenvalue weighted by Crippen LogP contribution is 2.14. The Kier molecular flexibility index (Phi) is 4.93. The summed E-state index contributed by atoms with van der Waals surface area (Å²) in [5, 5.41) is 3.25. The molecule has 1 aliphatic heterocycles. The average Bonchev–Trinajstić information content (AvgIpc) is 2.51. The molecule has 2 atom stereocenters. The first-order valence-electron chi connectivity index (χ1n) is 6.20. The van der Waals surface area contributed by atoms with Crippen LogP contribution in [0.3, 0.4) is 0 Å². The fourth-order valence-electron chi connectivity index (χ4n) is 2.08. The first-order chi connectivity index (χ1) is 7.60. The third-order valence-electron chi connectivity index (χ3n) is 3.04. The summed E-state index contributed by atoms with van der Waals surface area (Å²) in [6, 6.07) is 0.0119. The molecule has 16 heavy (non-hydrogen) atoms. The van der Waals surface area contributed by atoms with Crippen molar-refractivity contribution in [3.05, 3.63) is 0 Å². The molecule has 0 aliphatic carbocycles. The molecular formula is C12H22N2O2. The number of unbranched alkanes of at least 4 members (excludes halogenated alkanes) is 1. The summed E-state index contributed by atoms with van der Waals surface area (Å²) in [5.41, 5.74) is 0. The Morgan fingerprint density at radius 3 is 2.62 bits per heavy atom. The van der Waals surface area contributed by atoms with Gasteiger partial charge in [-0.1, -0.05) is 19.8 Å². The Labute approximate surface area is 97.4 Å². The van der Waals surface area contributed by atoms with E-state index in [0.29, 0.717) is 19.0 Å². The predicted molar refractivity (Wildman–Crippen MR) is 62.9 cm³/mol. The largest absolute Gasteiger partial charge is 0.303 e. The van der Waals surface area contributed by atoms with Crippen molar-refractivity contribution in [1.29, 1.82) is 0 Å². The van der Waals surface area contributed by atoms with Crippen LogP contribution in [0.15, 0.2) is 0 Å². The van der Waals surface area contributed by atoms with Gasteiger partial charge in [-0.05, 0) is 20.3 Å². The predicted octanol–water partition coefficient (Wildman–Crippen LogP) is 1.30. The van der Waals surface area contributed by atoms with Gasteiger partial charge >= 0.3 is 0 Å². The van der Waals surface area contributed by atoms with E-state index in [-0.39, 0.29) is 17.9 Å². The summed E-state index contributed by atoms with van der Waals surface area (Å²) in [4.78, 5) is 24.6. The fraction of sp³-hybridized carbons (Fsp3) is 0.833. The molecular weight excluding hydrogens is 204 g/mol. The van der Waals surface area contributed by atoms with Gasteiger partial charge in [-0.2, -0.15) is 0 Å². The summed E-state index contributed by atoms with van der Waals surface area (Å²) in [7, 11) is 0. The number of hydrogen-bond acceptors (Lipinski definition) is 3. The second-order valence-electron chi connectivity index (χ2n) is 4.44. The van der Waals surface area contributed by atoms with Crippen molar-refractivity contribution in [3.63, 3.8) is 0 Å². The van der Waals surface area contributed by atoms with Gasteiger partial charge in [0.05, 0.1) is 12.5 Å². The third-order valence-corrected chi connectivity index (χ3v) is 3.04. The van der Waals surface area contributed by atoms with E-state index in [4.69, 9.17) is 0 Å². The molecule has 4 heteroatoms. The average molecular weight is 226 g/mol. The minimum Gasteiger partial charge on any atom is -0.303 e. The Morgan fingerprint density at radius 1 is 1.44 bits per heavy atom. The Balaban J connectivity index is 2.44. The van der Waals surface area contributed by atoms with Gasteiger partial charge in [0, 0.05) is 12.6 Å². The van der Waals surface area contributed by atoms with Crippen LogP contribution in [0.5, 0.6) is 0 Å². The summed E-state index contributed by atoms with van der Waals surface area (Å²) in [6.45, 7) is 6.54. The summed E-state index contributed by atoms with van der Waals surface area (Å²) >= 11 is 0. The van der Waals surface area contributed by atoms with E-state index >= 15 is 0 Å². The van der Waals surface area contributed by atoms with Gasteiger partial charge in [-0.3, -0.25) is 14.5 Å². The van der Waals surface area contributed by atoms with Crippen LogP contribution in [-0.2, 0) is 9.59 Å². The number of likely N-dealkylation sites (tertiary alicyclic amines) is 1. The number of imide groups is 1. The molecule has 1 heterocycles. The van der Waals surface area contributed by atoms with Gasteiger partial charge in [0.25, 0.3) is 0 Å². The summed E-state index contributed by atoms with van der Waals surface area (Å²) < 4.78 is 0. The van der Waals surface area contributed by atoms with E-state index in [2.05, 4.69) is 19.2 Å². The van der Waals surface area contributed by atoms with Crippen LogP contribution in [0.1, 0.15) is 46.5 Å². The van der Waals surface area contributed by atoms with Crippen LogP contribution in [0.4, 0.5) is 0 Å². The van der Waals surface area contributed by atoms with Crippen LogP contribution < -0.4 is 5.32 Å². The number of rotatable bonds is 6. The molecule has 92 valence electrons. The van der Waals surface area contributed by atoms with Crippen LogP contribution in [0.25, 0.3) is 0 Å². The number of nitrogens with one attached hydrogen (secondary N) is 1. The molecule has 0 aromatic carbocycles. The molecule has 0 aromatic rings. The molecule has 2 unspecified atom stereocenters. The minimum atomic E-state index is -0.292. The van der Waals surface area contributed by atoms with Gasteiger partial charge in [-0.25, -0.2) is 0 Å². The van der Waals surface area contributed by atoms with Gasteiger partial charge in [0.2, 0.25) is 11.8 Å². The Bertz CT molecular complexity index is 266. The zero-order valence-electron chi connectivity index (χ0n) is 10.5. The molecule has 1 rings (SSSR count). The highest BCUT2D eigenvalue weighted by molar-refractivity contribution is 6.05. The molecule has 0 spiro atoms. The zero-order valence-corrected chi connectivity index (χ0v) is 10.5. The maximum atomic E-state index is 11.8. The van der Waals surface area contributed by atoms with Crippen molar-refractivity contribution >= 4 is 11.8 Å². The zero-order chi connectivity index (χ0) is 12.1.